The van der Waals surface area contributed by atoms with E-state index < -0.39 is 5.60 Å². The molecule has 1 aromatic carbocycles. The Morgan fingerprint density at radius 1 is 1.48 bits per heavy atom. The zero-order chi connectivity index (χ0) is 14.9. The van der Waals surface area contributed by atoms with Crippen LogP contribution < -0.4 is 10.1 Å². The third-order valence-corrected chi connectivity index (χ3v) is 4.45. The van der Waals surface area contributed by atoms with Gasteiger partial charge in [-0.2, -0.15) is 11.3 Å². The minimum atomic E-state index is -1.06. The highest BCUT2D eigenvalue weighted by atomic mass is 32.1. The second kappa shape index (κ2) is 5.50. The van der Waals surface area contributed by atoms with E-state index in [-0.39, 0.29) is 18.4 Å². The number of ether oxygens (including phenoxy) is 1. The molecule has 0 unspecified atom stereocenters. The summed E-state index contributed by atoms with van der Waals surface area (Å²) in [5, 5.41) is 17.1. The zero-order valence-corrected chi connectivity index (χ0v) is 12.5. The fourth-order valence-corrected chi connectivity index (χ4v) is 3.22. The molecular formula is C16H17NO3S. The highest BCUT2D eigenvalue weighted by Gasteiger charge is 2.32. The second-order valence-corrected chi connectivity index (χ2v) is 6.19. The third-order valence-electron chi connectivity index (χ3n) is 3.77. The van der Waals surface area contributed by atoms with Gasteiger partial charge in [0.15, 0.2) is 0 Å². The Kier molecular flexibility index (Phi) is 3.69. The molecule has 1 aliphatic heterocycles. The van der Waals surface area contributed by atoms with Crippen LogP contribution >= 0.6 is 11.3 Å². The van der Waals surface area contributed by atoms with Gasteiger partial charge in [0.05, 0.1) is 6.54 Å². The molecule has 4 nitrogen and oxygen atoms in total. The Morgan fingerprint density at radius 3 is 3.05 bits per heavy atom. The maximum absolute atomic E-state index is 12.3. The first kappa shape index (κ1) is 14.1. The Hall–Kier alpha value is -1.85. The summed E-state index contributed by atoms with van der Waals surface area (Å²) in [6.07, 6.45) is 0. The lowest BCUT2D eigenvalue weighted by molar-refractivity contribution is -0.124. The Bertz CT molecular complexity index is 637. The normalized spacial score (nSPS) is 19.4. The molecule has 1 aliphatic rings. The molecule has 1 amide bonds. The molecule has 5 heteroatoms. The number of carbonyl (C=O) groups is 1. The smallest absolute Gasteiger partial charge is 0.231 e. The average Bonchev–Trinajstić information content (AvgIpc) is 3.14. The van der Waals surface area contributed by atoms with Crippen LogP contribution in [0.3, 0.4) is 0 Å². The number of hydrogen-bond acceptors (Lipinski definition) is 4. The van der Waals surface area contributed by atoms with Crippen LogP contribution in [-0.2, 0) is 10.4 Å². The molecule has 3 rings (SSSR count). The van der Waals surface area contributed by atoms with Gasteiger partial charge in [0.1, 0.15) is 23.9 Å². The molecule has 2 aromatic rings. The number of amides is 1. The molecule has 110 valence electrons. The minimum Gasteiger partial charge on any atom is -0.492 e. The topological polar surface area (TPSA) is 58.6 Å². The highest BCUT2D eigenvalue weighted by molar-refractivity contribution is 7.08. The van der Waals surface area contributed by atoms with Crippen molar-refractivity contribution < 1.29 is 14.6 Å². The fourth-order valence-electron chi connectivity index (χ4n) is 2.44. The van der Waals surface area contributed by atoms with E-state index in [4.69, 9.17) is 4.74 Å². The van der Waals surface area contributed by atoms with Crippen molar-refractivity contribution in [3.05, 3.63) is 52.2 Å². The summed E-state index contributed by atoms with van der Waals surface area (Å²) in [7, 11) is 0. The van der Waals surface area contributed by atoms with Crippen LogP contribution in [-0.4, -0.2) is 24.2 Å². The largest absolute Gasteiger partial charge is 0.492 e. The van der Waals surface area contributed by atoms with Gasteiger partial charge in [-0.25, -0.2) is 0 Å². The molecule has 1 aromatic heterocycles. The van der Waals surface area contributed by atoms with Gasteiger partial charge in [-0.15, -0.1) is 0 Å². The lowest BCUT2D eigenvalue weighted by atomic mass is 9.97. The number of nitrogens with one attached hydrogen (secondary N) is 1. The van der Waals surface area contributed by atoms with Crippen molar-refractivity contribution in [2.24, 2.45) is 0 Å². The monoisotopic (exact) mass is 303 g/mol. The van der Waals surface area contributed by atoms with E-state index in [0.29, 0.717) is 6.61 Å². The van der Waals surface area contributed by atoms with Gasteiger partial charge < -0.3 is 15.2 Å². The van der Waals surface area contributed by atoms with Crippen molar-refractivity contribution in [2.45, 2.75) is 18.4 Å². The Morgan fingerprint density at radius 2 is 2.29 bits per heavy atom. The van der Waals surface area contributed by atoms with Gasteiger partial charge in [0.25, 0.3) is 0 Å². The summed E-state index contributed by atoms with van der Waals surface area (Å²) in [4.78, 5) is 12.3. The quantitative estimate of drug-likeness (QED) is 0.911. The number of fused-ring (bicyclic) bond motifs is 1. The predicted octanol–water partition coefficient (Wildman–Crippen LogP) is 2.25. The number of aliphatic hydroxyl groups is 1. The average molecular weight is 303 g/mol. The van der Waals surface area contributed by atoms with Crippen LogP contribution in [0.1, 0.15) is 24.0 Å². The standard InChI is InChI=1S/C16H17NO3S/c1-16(19,11-6-7-21-9-11)10-17-15(18)13-8-20-14-5-3-2-4-12(13)14/h2-7,9,13,19H,8,10H2,1H3,(H,17,18)/t13-,16-/m0/s1. The molecule has 21 heavy (non-hydrogen) atoms. The van der Waals surface area contributed by atoms with Crippen molar-refractivity contribution in [3.63, 3.8) is 0 Å². The molecule has 0 aliphatic carbocycles. The van der Waals surface area contributed by atoms with Crippen LogP contribution in [0, 0.1) is 0 Å². The van der Waals surface area contributed by atoms with Crippen molar-refractivity contribution >= 4 is 17.2 Å². The van der Waals surface area contributed by atoms with Gasteiger partial charge >= 0.3 is 0 Å². The first-order chi connectivity index (χ1) is 10.1. The SMILES string of the molecule is C[C@](O)(CNC(=O)[C@H]1COc2ccccc21)c1ccsc1. The predicted molar refractivity (Wildman–Crippen MR) is 81.6 cm³/mol. The van der Waals surface area contributed by atoms with Gasteiger partial charge in [0.2, 0.25) is 5.91 Å². The molecular weight excluding hydrogens is 286 g/mol. The van der Waals surface area contributed by atoms with E-state index in [1.807, 2.05) is 41.1 Å². The second-order valence-electron chi connectivity index (χ2n) is 5.41. The molecule has 2 heterocycles. The van der Waals surface area contributed by atoms with E-state index in [1.165, 1.54) is 11.3 Å². The maximum atomic E-state index is 12.3. The van der Waals surface area contributed by atoms with Crippen LogP contribution in [0.4, 0.5) is 0 Å². The van der Waals surface area contributed by atoms with Gasteiger partial charge in [-0.1, -0.05) is 18.2 Å². The van der Waals surface area contributed by atoms with Crippen LogP contribution in [0.5, 0.6) is 5.75 Å². The summed E-state index contributed by atoms with van der Waals surface area (Å²) in [6, 6.07) is 9.42. The molecule has 0 saturated heterocycles. The molecule has 0 radical (unpaired) electrons. The van der Waals surface area contributed by atoms with Crippen LogP contribution in [0.15, 0.2) is 41.1 Å². The lowest BCUT2D eigenvalue weighted by Gasteiger charge is -2.23. The third kappa shape index (κ3) is 2.80. The minimum absolute atomic E-state index is 0.115. The summed E-state index contributed by atoms with van der Waals surface area (Å²) >= 11 is 1.52. The van der Waals surface area contributed by atoms with Crippen molar-refractivity contribution in [1.29, 1.82) is 0 Å². The van der Waals surface area contributed by atoms with Gasteiger partial charge in [-0.05, 0) is 35.4 Å². The Labute approximate surface area is 127 Å². The number of para-hydroxylation sites is 1. The van der Waals surface area contributed by atoms with E-state index in [0.717, 1.165) is 16.9 Å². The van der Waals surface area contributed by atoms with Crippen molar-refractivity contribution in [1.82, 2.24) is 5.32 Å². The lowest BCUT2D eigenvalue weighted by Crippen LogP contribution is -2.40. The fraction of sp³-hybridized carbons (Fsp3) is 0.312. The van der Waals surface area contributed by atoms with E-state index in [1.54, 1.807) is 6.92 Å². The number of hydrogen-bond donors (Lipinski definition) is 2. The number of benzene rings is 1. The molecule has 2 N–H and O–H groups in total. The first-order valence-electron chi connectivity index (χ1n) is 6.82. The number of rotatable bonds is 4. The number of carbonyl (C=O) groups excluding carboxylic acids is 1. The summed E-state index contributed by atoms with van der Waals surface area (Å²) in [5.41, 5.74) is 0.662. The van der Waals surface area contributed by atoms with Gasteiger partial charge in [0, 0.05) is 5.56 Å². The van der Waals surface area contributed by atoms with Crippen molar-refractivity contribution in [2.75, 3.05) is 13.2 Å². The zero-order valence-electron chi connectivity index (χ0n) is 11.7. The molecule has 0 fully saturated rings. The number of thiophene rings is 1. The maximum Gasteiger partial charge on any atom is 0.231 e. The Balaban J connectivity index is 1.66. The van der Waals surface area contributed by atoms with E-state index >= 15 is 0 Å². The summed E-state index contributed by atoms with van der Waals surface area (Å²) < 4.78 is 5.51. The van der Waals surface area contributed by atoms with Crippen molar-refractivity contribution in [3.8, 4) is 5.75 Å². The molecule has 0 spiro atoms. The first-order valence-corrected chi connectivity index (χ1v) is 7.77. The highest BCUT2D eigenvalue weighted by Crippen LogP contribution is 2.33. The van der Waals surface area contributed by atoms with Crippen LogP contribution in [0.2, 0.25) is 0 Å². The summed E-state index contributed by atoms with van der Waals surface area (Å²) in [5.74, 6) is 0.345. The molecule has 2 atom stereocenters. The molecule has 0 saturated carbocycles. The molecule has 0 bridgehead atoms. The van der Waals surface area contributed by atoms with Gasteiger partial charge in [-0.3, -0.25) is 4.79 Å². The van der Waals surface area contributed by atoms with Crippen LogP contribution in [0.25, 0.3) is 0 Å². The van der Waals surface area contributed by atoms with E-state index in [9.17, 15) is 9.90 Å². The summed E-state index contributed by atoms with van der Waals surface area (Å²) in [6.45, 7) is 2.24. The van der Waals surface area contributed by atoms with E-state index in [2.05, 4.69) is 5.32 Å².